The lowest BCUT2D eigenvalue weighted by Gasteiger charge is -2.31. The fourth-order valence-electron chi connectivity index (χ4n) is 3.26. The summed E-state index contributed by atoms with van der Waals surface area (Å²) in [5, 5.41) is 2.84. The lowest BCUT2D eigenvalue weighted by Crippen LogP contribution is -2.41. The van der Waals surface area contributed by atoms with Gasteiger partial charge in [-0.05, 0) is 43.2 Å². The van der Waals surface area contributed by atoms with Crippen LogP contribution in [0.1, 0.15) is 23.2 Å². The van der Waals surface area contributed by atoms with Crippen molar-refractivity contribution in [2.75, 3.05) is 18.4 Å². The van der Waals surface area contributed by atoms with Crippen molar-refractivity contribution in [3.63, 3.8) is 0 Å². The van der Waals surface area contributed by atoms with Crippen molar-refractivity contribution in [1.82, 2.24) is 19.9 Å². The van der Waals surface area contributed by atoms with Crippen LogP contribution in [-0.4, -0.2) is 44.8 Å². The summed E-state index contributed by atoms with van der Waals surface area (Å²) in [6.07, 6.45) is 4.56. The molecule has 0 radical (unpaired) electrons. The van der Waals surface area contributed by atoms with Gasteiger partial charge in [-0.1, -0.05) is 6.07 Å². The number of rotatable bonds is 3. The van der Waals surface area contributed by atoms with Gasteiger partial charge in [0.05, 0.1) is 17.4 Å². The molecular weight excluding hydrogens is 330 g/mol. The Hall–Kier alpha value is -3.22. The summed E-state index contributed by atoms with van der Waals surface area (Å²) in [6, 6.07) is 10.9. The minimum Gasteiger partial charge on any atom is -0.345 e. The fraction of sp³-hybridized carbons (Fsp3) is 0.263. The minimum atomic E-state index is -0.101. The summed E-state index contributed by atoms with van der Waals surface area (Å²) in [5.74, 6) is 0.416. The first-order valence-electron chi connectivity index (χ1n) is 8.65. The second-order valence-electron chi connectivity index (χ2n) is 6.41. The van der Waals surface area contributed by atoms with Gasteiger partial charge in [-0.3, -0.25) is 9.59 Å². The summed E-state index contributed by atoms with van der Waals surface area (Å²) < 4.78 is 0. The van der Waals surface area contributed by atoms with Crippen molar-refractivity contribution < 1.29 is 9.59 Å². The van der Waals surface area contributed by atoms with E-state index in [1.165, 1.54) is 0 Å². The molecular formula is C19H19N5O2. The maximum atomic E-state index is 12.7. The van der Waals surface area contributed by atoms with Crippen LogP contribution in [0.15, 0.2) is 48.9 Å². The predicted molar refractivity (Wildman–Crippen MR) is 97.6 cm³/mol. The molecule has 26 heavy (non-hydrogen) atoms. The van der Waals surface area contributed by atoms with Crippen molar-refractivity contribution >= 4 is 28.7 Å². The van der Waals surface area contributed by atoms with E-state index in [4.69, 9.17) is 0 Å². The van der Waals surface area contributed by atoms with Crippen molar-refractivity contribution in [1.29, 1.82) is 0 Å². The third kappa shape index (κ3) is 3.28. The number of H-pyrrole nitrogens is 1. The number of piperidine rings is 1. The first-order valence-corrected chi connectivity index (χ1v) is 8.65. The largest absolute Gasteiger partial charge is 0.345 e. The molecule has 2 amide bonds. The van der Waals surface area contributed by atoms with E-state index in [1.807, 2.05) is 23.1 Å². The molecule has 4 rings (SSSR count). The Balaban J connectivity index is 1.36. The number of likely N-dealkylation sites (tertiary alicyclic amines) is 1. The number of amides is 2. The second-order valence-corrected chi connectivity index (χ2v) is 6.41. The highest BCUT2D eigenvalue weighted by Crippen LogP contribution is 2.21. The first kappa shape index (κ1) is 16.3. The van der Waals surface area contributed by atoms with Crippen LogP contribution in [-0.2, 0) is 4.79 Å². The SMILES string of the molecule is O=C(Nc1ccccn1)C1CCN(C(=O)c2ccc3nc[nH]c3c2)CC1. The first-order chi connectivity index (χ1) is 12.7. The Morgan fingerprint density at radius 1 is 1.12 bits per heavy atom. The van der Waals surface area contributed by atoms with Crippen LogP contribution in [0.5, 0.6) is 0 Å². The maximum Gasteiger partial charge on any atom is 0.253 e. The zero-order chi connectivity index (χ0) is 17.9. The quantitative estimate of drug-likeness (QED) is 0.760. The van der Waals surface area contributed by atoms with Crippen LogP contribution in [0.2, 0.25) is 0 Å². The molecule has 1 saturated heterocycles. The molecule has 2 aromatic heterocycles. The molecule has 0 bridgehead atoms. The minimum absolute atomic E-state index is 0.00918. The van der Waals surface area contributed by atoms with Crippen LogP contribution in [0.3, 0.4) is 0 Å². The highest BCUT2D eigenvalue weighted by atomic mass is 16.2. The van der Waals surface area contributed by atoms with E-state index in [1.54, 1.807) is 30.7 Å². The molecule has 3 heterocycles. The van der Waals surface area contributed by atoms with E-state index in [0.29, 0.717) is 37.3 Å². The molecule has 2 N–H and O–H groups in total. The Morgan fingerprint density at radius 2 is 1.96 bits per heavy atom. The van der Waals surface area contributed by atoms with Gasteiger partial charge in [0.15, 0.2) is 0 Å². The summed E-state index contributed by atoms with van der Waals surface area (Å²) in [5.41, 5.74) is 2.32. The summed E-state index contributed by atoms with van der Waals surface area (Å²) in [4.78, 5) is 38.2. The second kappa shape index (κ2) is 6.95. The molecule has 0 saturated carbocycles. The highest BCUT2D eigenvalue weighted by Gasteiger charge is 2.28. The Morgan fingerprint density at radius 3 is 2.73 bits per heavy atom. The van der Waals surface area contributed by atoms with E-state index in [2.05, 4.69) is 20.3 Å². The summed E-state index contributed by atoms with van der Waals surface area (Å²) in [7, 11) is 0. The van der Waals surface area contributed by atoms with Gasteiger partial charge in [0.2, 0.25) is 5.91 Å². The van der Waals surface area contributed by atoms with E-state index >= 15 is 0 Å². The Bertz CT molecular complexity index is 929. The van der Waals surface area contributed by atoms with Crippen molar-refractivity contribution in [2.45, 2.75) is 12.8 Å². The van der Waals surface area contributed by atoms with Gasteiger partial charge in [0.1, 0.15) is 5.82 Å². The van der Waals surface area contributed by atoms with Gasteiger partial charge in [-0.15, -0.1) is 0 Å². The lowest BCUT2D eigenvalue weighted by atomic mass is 9.95. The highest BCUT2D eigenvalue weighted by molar-refractivity contribution is 5.97. The molecule has 1 aromatic carbocycles. The number of aromatic nitrogens is 3. The third-order valence-corrected chi connectivity index (χ3v) is 4.74. The molecule has 3 aromatic rings. The van der Waals surface area contributed by atoms with Gasteiger partial charge in [-0.25, -0.2) is 9.97 Å². The molecule has 7 heteroatoms. The fourth-order valence-corrected chi connectivity index (χ4v) is 3.26. The standard InChI is InChI=1S/C19H19N5O2/c25-18(23-17-3-1-2-8-20-17)13-6-9-24(10-7-13)19(26)14-4-5-15-16(11-14)22-12-21-15/h1-5,8,11-13H,6-7,9-10H2,(H,21,22)(H,20,23,25). The number of hydrogen-bond donors (Lipinski definition) is 2. The number of aromatic amines is 1. The van der Waals surface area contributed by atoms with Crippen molar-refractivity contribution in [3.05, 3.63) is 54.5 Å². The molecule has 7 nitrogen and oxygen atoms in total. The zero-order valence-corrected chi connectivity index (χ0v) is 14.2. The van der Waals surface area contributed by atoms with Crippen molar-refractivity contribution in [2.24, 2.45) is 5.92 Å². The topological polar surface area (TPSA) is 91.0 Å². The number of carbonyl (C=O) groups excluding carboxylic acids is 2. The third-order valence-electron chi connectivity index (χ3n) is 4.74. The normalized spacial score (nSPS) is 15.2. The molecule has 1 aliphatic heterocycles. The van der Waals surface area contributed by atoms with E-state index in [0.717, 1.165) is 11.0 Å². The molecule has 1 aliphatic rings. The van der Waals surface area contributed by atoms with Crippen molar-refractivity contribution in [3.8, 4) is 0 Å². The van der Waals surface area contributed by atoms with E-state index in [9.17, 15) is 9.59 Å². The lowest BCUT2D eigenvalue weighted by molar-refractivity contribution is -0.121. The summed E-state index contributed by atoms with van der Waals surface area (Å²) >= 11 is 0. The van der Waals surface area contributed by atoms with Gasteiger partial charge in [0, 0.05) is 30.8 Å². The molecule has 0 atom stereocenters. The zero-order valence-electron chi connectivity index (χ0n) is 14.2. The maximum absolute atomic E-state index is 12.7. The molecule has 0 unspecified atom stereocenters. The van der Waals surface area contributed by atoms with Crippen LogP contribution >= 0.6 is 0 Å². The summed E-state index contributed by atoms with van der Waals surface area (Å²) in [6.45, 7) is 1.14. The average molecular weight is 349 g/mol. The van der Waals surface area contributed by atoms with Gasteiger partial charge in [-0.2, -0.15) is 0 Å². The van der Waals surface area contributed by atoms with Crippen LogP contribution < -0.4 is 5.32 Å². The van der Waals surface area contributed by atoms with Gasteiger partial charge >= 0.3 is 0 Å². The number of nitrogens with one attached hydrogen (secondary N) is 2. The Kier molecular flexibility index (Phi) is 4.35. The number of carbonyl (C=O) groups is 2. The smallest absolute Gasteiger partial charge is 0.253 e. The number of hydrogen-bond acceptors (Lipinski definition) is 4. The van der Waals surface area contributed by atoms with E-state index < -0.39 is 0 Å². The van der Waals surface area contributed by atoms with Crippen LogP contribution in [0, 0.1) is 5.92 Å². The van der Waals surface area contributed by atoms with Crippen LogP contribution in [0.25, 0.3) is 11.0 Å². The number of fused-ring (bicyclic) bond motifs is 1. The number of imidazole rings is 1. The molecule has 1 fully saturated rings. The predicted octanol–water partition coefficient (Wildman–Crippen LogP) is 2.45. The monoisotopic (exact) mass is 349 g/mol. The molecule has 0 spiro atoms. The number of nitrogens with zero attached hydrogens (tertiary/aromatic N) is 3. The average Bonchev–Trinajstić information content (AvgIpc) is 3.16. The van der Waals surface area contributed by atoms with Crippen LogP contribution in [0.4, 0.5) is 5.82 Å². The number of anilines is 1. The van der Waals surface area contributed by atoms with Gasteiger partial charge in [0.25, 0.3) is 5.91 Å². The van der Waals surface area contributed by atoms with E-state index in [-0.39, 0.29) is 17.7 Å². The molecule has 0 aliphatic carbocycles. The Labute approximate surface area is 150 Å². The number of pyridine rings is 1. The van der Waals surface area contributed by atoms with Gasteiger partial charge < -0.3 is 15.2 Å². The number of benzene rings is 1. The molecule has 132 valence electrons.